The van der Waals surface area contributed by atoms with Gasteiger partial charge in [-0.05, 0) is 61.4 Å². The first kappa shape index (κ1) is 30.3. The molecule has 208 valence electrons. The fraction of sp³-hybridized carbons (Fsp3) is 0.286. The zero-order valence-electron chi connectivity index (χ0n) is 21.9. The van der Waals surface area contributed by atoms with Crippen LogP contribution in [0, 0.1) is 0 Å². The van der Waals surface area contributed by atoms with E-state index < -0.39 is 28.5 Å². The van der Waals surface area contributed by atoms with Crippen molar-refractivity contribution in [2.75, 3.05) is 24.5 Å². The van der Waals surface area contributed by atoms with Gasteiger partial charge in [-0.2, -0.15) is 0 Å². The summed E-state index contributed by atoms with van der Waals surface area (Å²) in [5, 5.41) is 3.12. The van der Waals surface area contributed by atoms with Gasteiger partial charge in [0.25, 0.3) is 10.0 Å². The predicted molar refractivity (Wildman–Crippen MR) is 154 cm³/mol. The Hall–Kier alpha value is -3.27. The van der Waals surface area contributed by atoms with E-state index in [2.05, 4.69) is 5.32 Å². The Labute approximate surface area is 239 Å². The zero-order valence-corrected chi connectivity index (χ0v) is 24.3. The molecule has 2 amide bonds. The van der Waals surface area contributed by atoms with E-state index in [9.17, 15) is 18.0 Å². The van der Waals surface area contributed by atoms with Crippen molar-refractivity contribution < 1.29 is 22.7 Å². The standard InChI is InChI=1S/C28H31Cl2N3O5S/c1-4-25(28(35)31-5-2)32(18-20-11-14-22(38-3)15-12-20)27(34)19-33(26-17-21(29)13-16-24(26)30)39(36,37)23-9-7-6-8-10-23/h6-17,25H,4-5,18-19H2,1-3H3,(H,31,35). The molecule has 0 bridgehead atoms. The molecule has 0 heterocycles. The summed E-state index contributed by atoms with van der Waals surface area (Å²) in [6, 6.07) is 18.4. The lowest BCUT2D eigenvalue weighted by molar-refractivity contribution is -0.140. The van der Waals surface area contributed by atoms with Gasteiger partial charge in [-0.15, -0.1) is 0 Å². The molecule has 0 aliphatic carbocycles. The lowest BCUT2D eigenvalue weighted by atomic mass is 10.1. The Kier molecular flexibility index (Phi) is 10.6. The summed E-state index contributed by atoms with van der Waals surface area (Å²) in [4.78, 5) is 28.3. The lowest BCUT2D eigenvalue weighted by Crippen LogP contribution is -2.52. The maximum absolute atomic E-state index is 14.0. The van der Waals surface area contributed by atoms with E-state index >= 15 is 0 Å². The van der Waals surface area contributed by atoms with Crippen molar-refractivity contribution in [3.05, 3.63) is 88.4 Å². The molecule has 39 heavy (non-hydrogen) atoms. The van der Waals surface area contributed by atoms with Gasteiger partial charge < -0.3 is 15.0 Å². The van der Waals surface area contributed by atoms with E-state index in [1.807, 2.05) is 0 Å². The SMILES string of the molecule is CCNC(=O)C(CC)N(Cc1ccc(OC)cc1)C(=O)CN(c1cc(Cl)ccc1Cl)S(=O)(=O)c1ccccc1. The average Bonchev–Trinajstić information content (AvgIpc) is 2.93. The van der Waals surface area contributed by atoms with Crippen LogP contribution in [-0.2, 0) is 26.2 Å². The number of likely N-dealkylation sites (N-methyl/N-ethyl adjacent to an activating group) is 1. The Bertz CT molecular complexity index is 1390. The van der Waals surface area contributed by atoms with E-state index in [1.54, 1.807) is 63.4 Å². The predicted octanol–water partition coefficient (Wildman–Crippen LogP) is 5.14. The van der Waals surface area contributed by atoms with Gasteiger partial charge >= 0.3 is 0 Å². The van der Waals surface area contributed by atoms with Crippen molar-refractivity contribution in [1.82, 2.24) is 10.2 Å². The van der Waals surface area contributed by atoms with E-state index in [-0.39, 0.29) is 33.1 Å². The Balaban J connectivity index is 2.08. The molecule has 3 rings (SSSR count). The minimum absolute atomic E-state index is 0.0219. The van der Waals surface area contributed by atoms with Gasteiger partial charge in [0.2, 0.25) is 11.8 Å². The minimum atomic E-state index is -4.24. The van der Waals surface area contributed by atoms with Crippen molar-refractivity contribution in [2.45, 2.75) is 37.8 Å². The van der Waals surface area contributed by atoms with Crippen molar-refractivity contribution in [3.63, 3.8) is 0 Å². The topological polar surface area (TPSA) is 96.0 Å². The summed E-state index contributed by atoms with van der Waals surface area (Å²) < 4.78 is 33.8. The van der Waals surface area contributed by atoms with Crippen LogP contribution >= 0.6 is 23.2 Å². The quantitative estimate of drug-likeness (QED) is 0.314. The number of halogens is 2. The molecule has 0 saturated carbocycles. The number of hydrogen-bond acceptors (Lipinski definition) is 5. The molecule has 0 fully saturated rings. The van der Waals surface area contributed by atoms with Crippen LogP contribution in [0.5, 0.6) is 5.75 Å². The van der Waals surface area contributed by atoms with Gasteiger partial charge in [-0.1, -0.05) is 60.5 Å². The Morgan fingerprint density at radius 3 is 2.23 bits per heavy atom. The number of carbonyl (C=O) groups is 2. The van der Waals surface area contributed by atoms with E-state index in [0.29, 0.717) is 18.7 Å². The molecule has 3 aromatic rings. The van der Waals surface area contributed by atoms with Crippen molar-refractivity contribution in [3.8, 4) is 5.75 Å². The van der Waals surface area contributed by atoms with Crippen LogP contribution in [-0.4, -0.2) is 51.4 Å². The third-order valence-electron chi connectivity index (χ3n) is 6.04. The second-order valence-electron chi connectivity index (χ2n) is 8.61. The van der Waals surface area contributed by atoms with Gasteiger partial charge in [0.15, 0.2) is 0 Å². The van der Waals surface area contributed by atoms with Gasteiger partial charge in [0, 0.05) is 18.1 Å². The summed E-state index contributed by atoms with van der Waals surface area (Å²) >= 11 is 12.6. The van der Waals surface area contributed by atoms with Crippen LogP contribution in [0.2, 0.25) is 10.0 Å². The van der Waals surface area contributed by atoms with Crippen molar-refractivity contribution >= 4 is 50.7 Å². The molecule has 0 aliphatic heterocycles. The second-order valence-corrected chi connectivity index (χ2v) is 11.3. The molecule has 0 aromatic heterocycles. The number of methoxy groups -OCH3 is 1. The molecular weight excluding hydrogens is 561 g/mol. The molecule has 1 atom stereocenters. The number of anilines is 1. The Morgan fingerprint density at radius 1 is 0.974 bits per heavy atom. The number of carbonyl (C=O) groups excluding carboxylic acids is 2. The number of benzene rings is 3. The largest absolute Gasteiger partial charge is 0.497 e. The van der Waals surface area contributed by atoms with Gasteiger partial charge in [-0.3, -0.25) is 13.9 Å². The van der Waals surface area contributed by atoms with Crippen LogP contribution in [0.15, 0.2) is 77.7 Å². The van der Waals surface area contributed by atoms with Crippen molar-refractivity contribution in [2.24, 2.45) is 0 Å². The highest BCUT2D eigenvalue weighted by Crippen LogP contribution is 2.33. The Morgan fingerprint density at radius 2 is 1.64 bits per heavy atom. The third-order valence-corrected chi connectivity index (χ3v) is 8.36. The highest BCUT2D eigenvalue weighted by molar-refractivity contribution is 7.92. The monoisotopic (exact) mass is 591 g/mol. The zero-order chi connectivity index (χ0) is 28.6. The highest BCUT2D eigenvalue weighted by Gasteiger charge is 2.34. The average molecular weight is 593 g/mol. The molecule has 3 aromatic carbocycles. The minimum Gasteiger partial charge on any atom is -0.497 e. The first-order valence-corrected chi connectivity index (χ1v) is 14.5. The summed E-state index contributed by atoms with van der Waals surface area (Å²) in [5.74, 6) is -0.275. The van der Waals surface area contributed by atoms with Crippen LogP contribution in [0.25, 0.3) is 0 Å². The highest BCUT2D eigenvalue weighted by atomic mass is 35.5. The normalized spacial score (nSPS) is 11.9. The fourth-order valence-corrected chi connectivity index (χ4v) is 5.93. The molecule has 0 spiro atoms. The molecule has 0 saturated heterocycles. The molecule has 1 N–H and O–H groups in total. The van der Waals surface area contributed by atoms with E-state index in [1.165, 1.54) is 35.2 Å². The molecular formula is C28H31Cl2N3O5S. The number of nitrogens with one attached hydrogen (secondary N) is 1. The summed E-state index contributed by atoms with van der Waals surface area (Å²) in [6.45, 7) is 3.42. The van der Waals surface area contributed by atoms with Gasteiger partial charge in [-0.25, -0.2) is 8.42 Å². The number of amides is 2. The number of nitrogens with zero attached hydrogens (tertiary/aromatic N) is 2. The maximum atomic E-state index is 14.0. The third kappa shape index (κ3) is 7.44. The van der Waals surface area contributed by atoms with Crippen LogP contribution in [0.4, 0.5) is 5.69 Å². The van der Waals surface area contributed by atoms with E-state index in [0.717, 1.165) is 9.87 Å². The molecule has 0 aliphatic rings. The first-order chi connectivity index (χ1) is 18.6. The smallest absolute Gasteiger partial charge is 0.264 e. The molecule has 0 radical (unpaired) electrons. The summed E-state index contributed by atoms with van der Waals surface area (Å²) in [5.41, 5.74) is 0.793. The summed E-state index contributed by atoms with van der Waals surface area (Å²) in [7, 11) is -2.69. The first-order valence-electron chi connectivity index (χ1n) is 12.3. The van der Waals surface area contributed by atoms with Gasteiger partial charge in [0.05, 0.1) is 22.7 Å². The lowest BCUT2D eigenvalue weighted by Gasteiger charge is -2.33. The van der Waals surface area contributed by atoms with Crippen LogP contribution in [0.3, 0.4) is 0 Å². The molecule has 11 heteroatoms. The molecule has 8 nitrogen and oxygen atoms in total. The number of hydrogen-bond donors (Lipinski definition) is 1. The van der Waals surface area contributed by atoms with Crippen LogP contribution in [0.1, 0.15) is 25.8 Å². The maximum Gasteiger partial charge on any atom is 0.264 e. The number of ether oxygens (including phenoxy) is 1. The van der Waals surface area contributed by atoms with Gasteiger partial charge in [0.1, 0.15) is 18.3 Å². The van der Waals surface area contributed by atoms with Crippen molar-refractivity contribution in [1.29, 1.82) is 0 Å². The van der Waals surface area contributed by atoms with Crippen LogP contribution < -0.4 is 14.4 Å². The number of rotatable bonds is 12. The fourth-order valence-electron chi connectivity index (χ4n) is 4.05. The van der Waals surface area contributed by atoms with E-state index in [4.69, 9.17) is 27.9 Å². The summed E-state index contributed by atoms with van der Waals surface area (Å²) in [6.07, 6.45) is 0.317. The number of sulfonamides is 1. The molecule has 1 unspecified atom stereocenters. The second kappa shape index (κ2) is 13.7.